The van der Waals surface area contributed by atoms with Gasteiger partial charge in [0.15, 0.2) is 12.7 Å². The first kappa shape index (κ1) is 27.9. The summed E-state index contributed by atoms with van der Waals surface area (Å²) in [6.45, 7) is 0.211. The Morgan fingerprint density at radius 2 is 1.41 bits per heavy atom. The van der Waals surface area contributed by atoms with Crippen molar-refractivity contribution in [3.63, 3.8) is 0 Å². The van der Waals surface area contributed by atoms with Crippen molar-refractivity contribution in [2.24, 2.45) is 0 Å². The summed E-state index contributed by atoms with van der Waals surface area (Å²) in [5.41, 5.74) is 2.33. The van der Waals surface area contributed by atoms with E-state index in [0.717, 1.165) is 11.1 Å². The van der Waals surface area contributed by atoms with Gasteiger partial charge in [0.2, 0.25) is 10.0 Å². The minimum absolute atomic E-state index is 0.0180. The number of benzene rings is 4. The molecule has 0 saturated heterocycles. The molecule has 1 aliphatic heterocycles. The van der Waals surface area contributed by atoms with Gasteiger partial charge in [0.05, 0.1) is 17.1 Å². The second-order valence-corrected chi connectivity index (χ2v) is 11.1. The molecule has 41 heavy (non-hydrogen) atoms. The number of sulfonamides is 1. The van der Waals surface area contributed by atoms with E-state index in [9.17, 15) is 18.0 Å². The van der Waals surface area contributed by atoms with Crippen molar-refractivity contribution < 1.29 is 27.5 Å². The molecule has 0 saturated carbocycles. The summed E-state index contributed by atoms with van der Waals surface area (Å²) in [5, 5.41) is 2.87. The lowest BCUT2D eigenvalue weighted by Gasteiger charge is -2.34. The lowest BCUT2D eigenvalue weighted by Crippen LogP contribution is -2.51. The molecule has 0 spiro atoms. The zero-order valence-corrected chi connectivity index (χ0v) is 22.9. The van der Waals surface area contributed by atoms with Crippen LogP contribution in [0.4, 0.5) is 5.69 Å². The Hall–Kier alpha value is -4.67. The van der Waals surface area contributed by atoms with E-state index in [1.54, 1.807) is 24.3 Å². The highest BCUT2D eigenvalue weighted by Gasteiger charge is 2.33. The quantitative estimate of drug-likeness (QED) is 0.300. The molecular formula is C31H29N3O6S. The van der Waals surface area contributed by atoms with Crippen LogP contribution in [0.3, 0.4) is 0 Å². The summed E-state index contributed by atoms with van der Waals surface area (Å²) in [6, 6.07) is 31.6. The molecule has 1 heterocycles. The number of fused-ring (bicyclic) bond motifs is 1. The zero-order chi connectivity index (χ0) is 28.7. The topological polar surface area (TPSA) is 114 Å². The van der Waals surface area contributed by atoms with Crippen LogP contribution in [0.1, 0.15) is 11.1 Å². The molecule has 0 aliphatic carbocycles. The fourth-order valence-electron chi connectivity index (χ4n) is 4.30. The highest BCUT2D eigenvalue weighted by atomic mass is 32.2. The van der Waals surface area contributed by atoms with Crippen LogP contribution in [-0.4, -0.2) is 39.5 Å². The average Bonchev–Trinajstić information content (AvgIpc) is 3.02. The van der Waals surface area contributed by atoms with Gasteiger partial charge in [0.25, 0.3) is 11.8 Å². The lowest BCUT2D eigenvalue weighted by atomic mass is 10.1. The predicted octanol–water partition coefficient (Wildman–Crippen LogP) is 3.65. The largest absolute Gasteiger partial charge is 0.484 e. The Kier molecular flexibility index (Phi) is 8.61. The van der Waals surface area contributed by atoms with Crippen molar-refractivity contribution in [1.29, 1.82) is 0 Å². The van der Waals surface area contributed by atoms with Gasteiger partial charge in [-0.2, -0.15) is 0 Å². The van der Waals surface area contributed by atoms with Crippen molar-refractivity contribution >= 4 is 27.5 Å². The number of hydrogen-bond acceptors (Lipinski definition) is 6. The maximum atomic E-state index is 13.2. The van der Waals surface area contributed by atoms with Crippen LogP contribution in [0.5, 0.6) is 11.5 Å². The van der Waals surface area contributed by atoms with Crippen LogP contribution >= 0.6 is 0 Å². The fourth-order valence-corrected chi connectivity index (χ4v) is 5.32. The molecule has 0 radical (unpaired) electrons. The highest BCUT2D eigenvalue weighted by Crippen LogP contribution is 2.33. The third kappa shape index (κ3) is 7.10. The van der Waals surface area contributed by atoms with Gasteiger partial charge in [-0.05, 0) is 47.5 Å². The number of carbonyl (C=O) groups is 2. The minimum atomic E-state index is -3.73. The molecule has 0 fully saturated rings. The van der Waals surface area contributed by atoms with E-state index >= 15 is 0 Å². The van der Waals surface area contributed by atoms with Gasteiger partial charge >= 0.3 is 0 Å². The van der Waals surface area contributed by atoms with Gasteiger partial charge in [-0.15, -0.1) is 0 Å². The summed E-state index contributed by atoms with van der Waals surface area (Å²) in [5.74, 6) is 0.0474. The van der Waals surface area contributed by atoms with E-state index in [0.29, 0.717) is 23.7 Å². The van der Waals surface area contributed by atoms with Crippen molar-refractivity contribution in [3.8, 4) is 11.5 Å². The number of carbonyl (C=O) groups excluding carboxylic acids is 2. The standard InChI is InChI=1S/C31H29N3O6S/c35-30(22-39-25-15-17-26(18-16-25)41(37,38)33-20-24-11-5-2-6-12-24)34-21-29(40-28-14-8-7-13-27(28)34)31(36)32-19-23-9-3-1-4-10-23/h1-18,29,33H,19-22H2,(H,32,36). The first-order valence-corrected chi connectivity index (χ1v) is 14.5. The van der Waals surface area contributed by atoms with Gasteiger partial charge in [-0.25, -0.2) is 13.1 Å². The van der Waals surface area contributed by atoms with E-state index in [1.807, 2.05) is 60.7 Å². The van der Waals surface area contributed by atoms with Crippen LogP contribution in [-0.2, 0) is 32.7 Å². The molecule has 1 aliphatic rings. The molecule has 9 nitrogen and oxygen atoms in total. The van der Waals surface area contributed by atoms with Crippen LogP contribution in [0, 0.1) is 0 Å². The Morgan fingerprint density at radius 1 is 0.805 bits per heavy atom. The van der Waals surface area contributed by atoms with Crippen LogP contribution in [0.2, 0.25) is 0 Å². The smallest absolute Gasteiger partial charge is 0.265 e. The maximum Gasteiger partial charge on any atom is 0.265 e. The molecule has 1 unspecified atom stereocenters. The molecule has 2 N–H and O–H groups in total. The third-order valence-corrected chi connectivity index (χ3v) is 7.90. The third-order valence-electron chi connectivity index (χ3n) is 6.48. The van der Waals surface area contributed by atoms with Gasteiger partial charge in [0.1, 0.15) is 11.5 Å². The molecule has 4 aromatic carbocycles. The molecule has 10 heteroatoms. The number of rotatable bonds is 10. The van der Waals surface area contributed by atoms with Crippen LogP contribution in [0.15, 0.2) is 114 Å². The van der Waals surface area contributed by atoms with Gasteiger partial charge in [0, 0.05) is 13.1 Å². The number of para-hydroxylation sites is 2. The summed E-state index contributed by atoms with van der Waals surface area (Å²) in [7, 11) is -3.73. The van der Waals surface area contributed by atoms with E-state index in [1.165, 1.54) is 29.2 Å². The molecule has 2 amide bonds. The van der Waals surface area contributed by atoms with E-state index in [4.69, 9.17) is 9.47 Å². The van der Waals surface area contributed by atoms with Gasteiger partial charge < -0.3 is 19.7 Å². The Bertz CT molecular complexity index is 1600. The zero-order valence-electron chi connectivity index (χ0n) is 22.1. The number of nitrogens with zero attached hydrogens (tertiary/aromatic N) is 1. The Morgan fingerprint density at radius 3 is 2.10 bits per heavy atom. The predicted molar refractivity (Wildman–Crippen MR) is 154 cm³/mol. The number of hydrogen-bond donors (Lipinski definition) is 2. The number of amides is 2. The van der Waals surface area contributed by atoms with Crippen molar-refractivity contribution in [2.75, 3.05) is 18.1 Å². The number of anilines is 1. The lowest BCUT2D eigenvalue weighted by molar-refractivity contribution is -0.128. The molecule has 1 atom stereocenters. The second kappa shape index (κ2) is 12.7. The van der Waals surface area contributed by atoms with Gasteiger partial charge in [-0.1, -0.05) is 72.8 Å². The summed E-state index contributed by atoms with van der Waals surface area (Å²) in [4.78, 5) is 27.7. The van der Waals surface area contributed by atoms with Crippen LogP contribution in [0.25, 0.3) is 0 Å². The highest BCUT2D eigenvalue weighted by molar-refractivity contribution is 7.89. The molecule has 5 rings (SSSR count). The van der Waals surface area contributed by atoms with Crippen LogP contribution < -0.4 is 24.4 Å². The Labute approximate surface area is 238 Å². The van der Waals surface area contributed by atoms with Crippen molar-refractivity contribution in [1.82, 2.24) is 10.0 Å². The maximum absolute atomic E-state index is 13.2. The first-order valence-electron chi connectivity index (χ1n) is 13.0. The number of nitrogens with one attached hydrogen (secondary N) is 2. The fraction of sp³-hybridized carbons (Fsp3) is 0.161. The first-order chi connectivity index (χ1) is 19.9. The summed E-state index contributed by atoms with van der Waals surface area (Å²) >= 11 is 0. The Balaban J connectivity index is 1.19. The molecule has 210 valence electrons. The van der Waals surface area contributed by atoms with Gasteiger partial charge in [-0.3, -0.25) is 9.59 Å². The molecule has 0 bridgehead atoms. The second-order valence-electron chi connectivity index (χ2n) is 9.35. The summed E-state index contributed by atoms with van der Waals surface area (Å²) < 4.78 is 39.5. The van der Waals surface area contributed by atoms with E-state index < -0.39 is 16.1 Å². The molecule has 0 aromatic heterocycles. The van der Waals surface area contributed by atoms with E-state index in [2.05, 4.69) is 10.0 Å². The monoisotopic (exact) mass is 571 g/mol. The average molecular weight is 572 g/mol. The molecule has 4 aromatic rings. The van der Waals surface area contributed by atoms with Crippen molar-refractivity contribution in [3.05, 3.63) is 120 Å². The minimum Gasteiger partial charge on any atom is -0.484 e. The normalized spacial score (nSPS) is 14.4. The SMILES string of the molecule is O=C(NCc1ccccc1)C1CN(C(=O)COc2ccc(S(=O)(=O)NCc3ccccc3)cc2)c2ccccc2O1. The number of ether oxygens (including phenoxy) is 2. The van der Waals surface area contributed by atoms with E-state index in [-0.39, 0.29) is 36.4 Å². The van der Waals surface area contributed by atoms with Crippen molar-refractivity contribution in [2.45, 2.75) is 24.1 Å². The molecular weight excluding hydrogens is 542 g/mol. The summed E-state index contributed by atoms with van der Waals surface area (Å²) in [6.07, 6.45) is -0.898.